The fourth-order valence-electron chi connectivity index (χ4n) is 1.23. The lowest BCUT2D eigenvalue weighted by Crippen LogP contribution is -2.41. The number of unbranched alkanes of at least 4 members (excludes halogenated alkanes) is 1. The van der Waals surface area contributed by atoms with Crippen LogP contribution in [0.25, 0.3) is 0 Å². The Morgan fingerprint density at radius 1 is 1.28 bits per heavy atom. The van der Waals surface area contributed by atoms with E-state index < -0.39 is 24.9 Å². The fraction of sp³-hybridized carbons (Fsp3) is 0.833. The summed E-state index contributed by atoms with van der Waals surface area (Å²) < 4.78 is 5.21. The molecular formula is C12H24O5S. The van der Waals surface area contributed by atoms with Gasteiger partial charge in [-0.3, -0.25) is 0 Å². The lowest BCUT2D eigenvalue weighted by molar-refractivity contribution is -0.0855. The van der Waals surface area contributed by atoms with Crippen LogP contribution in [0.5, 0.6) is 0 Å². The van der Waals surface area contributed by atoms with Crippen LogP contribution < -0.4 is 0 Å². The van der Waals surface area contributed by atoms with Crippen molar-refractivity contribution < 1.29 is 24.6 Å². The summed E-state index contributed by atoms with van der Waals surface area (Å²) >= 11 is 1.17. The molecule has 0 radical (unpaired) electrons. The van der Waals surface area contributed by atoms with Gasteiger partial charge in [0, 0.05) is 16.9 Å². The normalized spacial score (nSPS) is 17.6. The maximum absolute atomic E-state index is 9.50. The zero-order chi connectivity index (χ0) is 14.0. The molecule has 0 amide bonds. The van der Waals surface area contributed by atoms with E-state index in [4.69, 9.17) is 14.4 Å². The van der Waals surface area contributed by atoms with E-state index in [2.05, 4.69) is 6.92 Å². The molecule has 0 fully saturated rings. The molecule has 18 heavy (non-hydrogen) atoms. The summed E-state index contributed by atoms with van der Waals surface area (Å²) in [5.74, 6) is 0. The van der Waals surface area contributed by atoms with Gasteiger partial charge in [0.05, 0.1) is 13.2 Å². The number of hydrogen-bond acceptors (Lipinski definition) is 6. The highest BCUT2D eigenvalue weighted by atomic mass is 32.2. The van der Waals surface area contributed by atoms with E-state index in [9.17, 15) is 10.2 Å². The first-order valence-corrected chi connectivity index (χ1v) is 6.90. The first kappa shape index (κ1) is 17.9. The summed E-state index contributed by atoms with van der Waals surface area (Å²) in [6, 6.07) is 0. The summed E-state index contributed by atoms with van der Waals surface area (Å²) in [4.78, 5) is 1.07. The van der Waals surface area contributed by atoms with Crippen LogP contribution in [-0.4, -0.2) is 52.0 Å². The molecule has 0 saturated carbocycles. The van der Waals surface area contributed by atoms with Gasteiger partial charge in [0.1, 0.15) is 18.3 Å². The van der Waals surface area contributed by atoms with Crippen molar-refractivity contribution in [3.8, 4) is 0 Å². The summed E-state index contributed by atoms with van der Waals surface area (Å²) in [6.45, 7) is 3.33. The highest BCUT2D eigenvalue weighted by molar-refractivity contribution is 7.98. The van der Waals surface area contributed by atoms with Crippen LogP contribution in [-0.2, 0) is 4.18 Å². The number of allylic oxidation sites excluding steroid dienone is 2. The monoisotopic (exact) mass is 280 g/mol. The second-order valence-electron chi connectivity index (χ2n) is 4.03. The molecule has 0 rings (SSSR count). The Labute approximate surface area is 113 Å². The van der Waals surface area contributed by atoms with E-state index in [0.29, 0.717) is 0 Å². The standard InChI is InChI=1S/C12H24O5S/c1-3-5-6-9(4-2)18-17-8-11(15)12(16)10(14)7-13/h4,10-16H,3,5-8H2,1-2H3/b9-4-/t10?,11-,12-/m1/s1. The van der Waals surface area contributed by atoms with Gasteiger partial charge in [-0.2, -0.15) is 0 Å². The van der Waals surface area contributed by atoms with E-state index in [0.717, 1.165) is 24.2 Å². The van der Waals surface area contributed by atoms with Crippen LogP contribution in [0.15, 0.2) is 11.0 Å². The molecular weight excluding hydrogens is 256 g/mol. The van der Waals surface area contributed by atoms with Crippen molar-refractivity contribution >= 4 is 12.0 Å². The van der Waals surface area contributed by atoms with E-state index >= 15 is 0 Å². The van der Waals surface area contributed by atoms with Gasteiger partial charge < -0.3 is 24.6 Å². The molecule has 0 aromatic heterocycles. The van der Waals surface area contributed by atoms with Crippen LogP contribution in [0, 0.1) is 0 Å². The average molecular weight is 280 g/mol. The molecule has 0 aromatic carbocycles. The zero-order valence-corrected chi connectivity index (χ0v) is 11.8. The first-order valence-electron chi connectivity index (χ1n) is 6.16. The van der Waals surface area contributed by atoms with Crippen molar-refractivity contribution in [1.82, 2.24) is 0 Å². The van der Waals surface area contributed by atoms with Gasteiger partial charge in [0.2, 0.25) is 0 Å². The molecule has 0 spiro atoms. The Hall–Kier alpha value is -0.110. The van der Waals surface area contributed by atoms with Crippen molar-refractivity contribution in [1.29, 1.82) is 0 Å². The van der Waals surface area contributed by atoms with Gasteiger partial charge in [-0.1, -0.05) is 19.4 Å². The maximum Gasteiger partial charge on any atom is 0.110 e. The maximum atomic E-state index is 9.50. The third kappa shape index (κ3) is 7.35. The lowest BCUT2D eigenvalue weighted by Gasteiger charge is -2.21. The number of aliphatic hydroxyl groups is 4. The average Bonchev–Trinajstić information content (AvgIpc) is 2.40. The van der Waals surface area contributed by atoms with Gasteiger partial charge in [0.25, 0.3) is 0 Å². The summed E-state index contributed by atoms with van der Waals surface area (Å²) in [6.07, 6.45) is 1.08. The third-order valence-corrected chi connectivity index (χ3v) is 3.39. The van der Waals surface area contributed by atoms with Crippen LogP contribution in [0.2, 0.25) is 0 Å². The molecule has 3 atom stereocenters. The van der Waals surface area contributed by atoms with Gasteiger partial charge in [-0.05, 0) is 19.8 Å². The minimum Gasteiger partial charge on any atom is -0.394 e. The lowest BCUT2D eigenvalue weighted by atomic mass is 10.1. The third-order valence-electron chi connectivity index (χ3n) is 2.48. The fourth-order valence-corrected chi connectivity index (χ4v) is 1.91. The molecule has 0 heterocycles. The van der Waals surface area contributed by atoms with Crippen LogP contribution >= 0.6 is 12.0 Å². The van der Waals surface area contributed by atoms with Crippen molar-refractivity contribution in [2.45, 2.75) is 51.4 Å². The molecule has 0 saturated heterocycles. The van der Waals surface area contributed by atoms with E-state index in [-0.39, 0.29) is 6.61 Å². The number of rotatable bonds is 10. The van der Waals surface area contributed by atoms with Crippen molar-refractivity contribution in [3.05, 3.63) is 11.0 Å². The van der Waals surface area contributed by atoms with Gasteiger partial charge >= 0.3 is 0 Å². The first-order chi connectivity index (χ1) is 8.56. The summed E-state index contributed by atoms with van der Waals surface area (Å²) in [5, 5.41) is 36.6. The largest absolute Gasteiger partial charge is 0.394 e. The smallest absolute Gasteiger partial charge is 0.110 e. The van der Waals surface area contributed by atoms with Crippen molar-refractivity contribution in [2.24, 2.45) is 0 Å². The molecule has 6 heteroatoms. The molecule has 5 nitrogen and oxygen atoms in total. The Morgan fingerprint density at radius 2 is 1.94 bits per heavy atom. The quantitative estimate of drug-likeness (QED) is 0.443. The van der Waals surface area contributed by atoms with Gasteiger partial charge in [-0.25, -0.2) is 0 Å². The summed E-state index contributed by atoms with van der Waals surface area (Å²) in [5.41, 5.74) is 0. The highest BCUT2D eigenvalue weighted by Crippen LogP contribution is 2.23. The minimum atomic E-state index is -1.40. The zero-order valence-electron chi connectivity index (χ0n) is 11.0. The van der Waals surface area contributed by atoms with Crippen LogP contribution in [0.4, 0.5) is 0 Å². The SMILES string of the molecule is C/C=C(/CCCC)SOC[C@@H](O)[C@H](O)C(O)CO. The van der Waals surface area contributed by atoms with E-state index in [1.54, 1.807) is 0 Å². The molecule has 4 N–H and O–H groups in total. The van der Waals surface area contributed by atoms with Gasteiger partial charge in [0.15, 0.2) is 0 Å². The van der Waals surface area contributed by atoms with Gasteiger partial charge in [-0.15, -0.1) is 0 Å². The van der Waals surface area contributed by atoms with Crippen molar-refractivity contribution in [3.63, 3.8) is 0 Å². The minimum absolute atomic E-state index is 0.105. The molecule has 1 unspecified atom stereocenters. The predicted octanol–water partition coefficient (Wildman–Crippen LogP) is 0.820. The highest BCUT2D eigenvalue weighted by Gasteiger charge is 2.24. The molecule has 0 aliphatic rings. The second kappa shape index (κ2) is 10.8. The predicted molar refractivity (Wildman–Crippen MR) is 71.9 cm³/mol. The molecule has 0 bridgehead atoms. The van der Waals surface area contributed by atoms with Crippen LogP contribution in [0.1, 0.15) is 33.1 Å². The Bertz CT molecular complexity index is 235. The second-order valence-corrected chi connectivity index (χ2v) is 4.96. The Morgan fingerprint density at radius 3 is 2.44 bits per heavy atom. The van der Waals surface area contributed by atoms with Crippen LogP contribution in [0.3, 0.4) is 0 Å². The number of aliphatic hydroxyl groups excluding tert-OH is 4. The molecule has 0 aliphatic carbocycles. The Kier molecular flexibility index (Phi) is 10.7. The molecule has 0 aliphatic heterocycles. The molecule has 0 aromatic rings. The summed E-state index contributed by atoms with van der Waals surface area (Å²) in [7, 11) is 0. The topological polar surface area (TPSA) is 90.2 Å². The Balaban J connectivity index is 3.88. The molecule has 108 valence electrons. The number of hydrogen-bond donors (Lipinski definition) is 4. The van der Waals surface area contributed by atoms with Crippen molar-refractivity contribution in [2.75, 3.05) is 13.2 Å². The van der Waals surface area contributed by atoms with E-state index in [1.165, 1.54) is 12.0 Å². The van der Waals surface area contributed by atoms with E-state index in [1.807, 2.05) is 13.0 Å².